The highest BCUT2D eigenvalue weighted by Crippen LogP contribution is 2.29. The number of likely N-dealkylation sites (N-methyl/N-ethyl adjacent to an activating group) is 1. The third-order valence-corrected chi connectivity index (χ3v) is 7.74. The summed E-state index contributed by atoms with van der Waals surface area (Å²) >= 11 is 0. The third-order valence-electron chi connectivity index (χ3n) is 6.01. The van der Waals surface area contributed by atoms with Crippen LogP contribution in [0.4, 0.5) is 0 Å². The van der Waals surface area contributed by atoms with Gasteiger partial charge in [-0.15, -0.1) is 0 Å². The lowest BCUT2D eigenvalue weighted by molar-refractivity contribution is -1.00. The predicted molar refractivity (Wildman–Crippen MR) is 102 cm³/mol. The lowest BCUT2D eigenvalue weighted by atomic mass is 9.95. The topological polar surface area (TPSA) is 55.0 Å². The van der Waals surface area contributed by atoms with Gasteiger partial charge in [0.25, 0.3) is 0 Å². The summed E-state index contributed by atoms with van der Waals surface area (Å²) in [6.07, 6.45) is 0.884. The first-order valence-electron chi connectivity index (χ1n) is 9.36. The van der Waals surface area contributed by atoms with Gasteiger partial charge in [0, 0.05) is 13.0 Å². The zero-order valence-corrected chi connectivity index (χ0v) is 17.5. The van der Waals surface area contributed by atoms with E-state index >= 15 is 0 Å². The van der Waals surface area contributed by atoms with Crippen LogP contribution >= 0.6 is 0 Å². The minimum atomic E-state index is -3.46. The van der Waals surface area contributed by atoms with Gasteiger partial charge in [0.05, 0.1) is 18.5 Å². The van der Waals surface area contributed by atoms with Crippen LogP contribution in [0.3, 0.4) is 0 Å². The van der Waals surface area contributed by atoms with Gasteiger partial charge < -0.3 is 9.80 Å². The molecule has 1 heterocycles. The maximum atomic E-state index is 12.9. The second-order valence-corrected chi connectivity index (χ2v) is 9.37. The van der Waals surface area contributed by atoms with E-state index in [-0.39, 0.29) is 0 Å². The molecule has 2 rings (SSSR count). The average molecular weight is 370 g/mol. The van der Waals surface area contributed by atoms with Crippen molar-refractivity contribution >= 4 is 10.0 Å². The smallest absolute Gasteiger partial charge is 0.241 e. The van der Waals surface area contributed by atoms with Crippen LogP contribution in [0.25, 0.3) is 0 Å². The Morgan fingerprint density at radius 2 is 1.32 bits per heavy atom. The number of hydrogen-bond donors (Lipinski definition) is 3. The Balaban J connectivity index is 2.00. The molecule has 0 amide bonds. The number of piperazine rings is 1. The Morgan fingerprint density at radius 3 is 1.84 bits per heavy atom. The first-order valence-corrected chi connectivity index (χ1v) is 10.8. The molecule has 6 heteroatoms. The van der Waals surface area contributed by atoms with Crippen LogP contribution in [0.15, 0.2) is 4.90 Å². The molecule has 0 aliphatic carbocycles. The number of nitrogens with one attached hydrogen (secondary N) is 3. The van der Waals surface area contributed by atoms with Crippen LogP contribution in [-0.4, -0.2) is 54.7 Å². The molecule has 1 aliphatic rings. The molecule has 1 fully saturated rings. The van der Waals surface area contributed by atoms with E-state index in [1.54, 1.807) is 9.80 Å². The van der Waals surface area contributed by atoms with Crippen molar-refractivity contribution in [3.8, 4) is 0 Å². The summed E-state index contributed by atoms with van der Waals surface area (Å²) in [7, 11) is -1.22. The monoisotopic (exact) mass is 369 g/mol. The number of benzene rings is 1. The molecule has 0 radical (unpaired) electrons. The SMILES string of the molecule is Cc1c(C)c(C)c(S(=O)(=O)NCCC[NH+]2CC[NH+](C)CC2)c(C)c1C. The second kappa shape index (κ2) is 8.16. The van der Waals surface area contributed by atoms with Crippen LogP contribution < -0.4 is 14.5 Å². The second-order valence-electron chi connectivity index (χ2n) is 7.66. The van der Waals surface area contributed by atoms with Gasteiger partial charge in [-0.05, 0) is 62.4 Å². The molecule has 0 atom stereocenters. The van der Waals surface area contributed by atoms with E-state index in [4.69, 9.17) is 0 Å². The molecular weight excluding hydrogens is 334 g/mol. The number of sulfonamides is 1. The maximum Gasteiger partial charge on any atom is 0.241 e. The van der Waals surface area contributed by atoms with Crippen LogP contribution in [0, 0.1) is 34.6 Å². The van der Waals surface area contributed by atoms with Gasteiger partial charge in [-0.2, -0.15) is 0 Å². The van der Waals surface area contributed by atoms with Gasteiger partial charge >= 0.3 is 0 Å². The minimum Gasteiger partial charge on any atom is -0.328 e. The Kier molecular flexibility index (Phi) is 6.65. The van der Waals surface area contributed by atoms with Gasteiger partial charge in [-0.1, -0.05) is 0 Å². The van der Waals surface area contributed by atoms with E-state index < -0.39 is 10.0 Å². The molecule has 1 saturated heterocycles. The third kappa shape index (κ3) is 4.61. The van der Waals surface area contributed by atoms with E-state index in [2.05, 4.69) is 18.7 Å². The Labute approximate surface area is 153 Å². The van der Waals surface area contributed by atoms with E-state index in [0.717, 1.165) is 35.2 Å². The number of quaternary nitrogens is 2. The van der Waals surface area contributed by atoms with E-state index in [9.17, 15) is 8.42 Å². The minimum absolute atomic E-state index is 0.476. The Morgan fingerprint density at radius 1 is 0.840 bits per heavy atom. The molecule has 0 aromatic heterocycles. The van der Waals surface area contributed by atoms with Crippen molar-refractivity contribution in [2.45, 2.75) is 45.9 Å². The number of rotatable bonds is 6. The molecule has 0 unspecified atom stereocenters. The molecule has 1 aromatic rings. The van der Waals surface area contributed by atoms with Crippen LogP contribution in [-0.2, 0) is 10.0 Å². The normalized spacial score (nSPS) is 21.5. The Bertz CT molecular complexity index is 692. The molecule has 142 valence electrons. The summed E-state index contributed by atoms with van der Waals surface area (Å²) in [6, 6.07) is 0. The quantitative estimate of drug-likeness (QED) is 0.582. The zero-order valence-electron chi connectivity index (χ0n) is 16.7. The molecular formula is C19H35N3O2S+2. The fourth-order valence-corrected chi connectivity index (χ4v) is 5.44. The molecule has 25 heavy (non-hydrogen) atoms. The standard InChI is InChI=1S/C19H33N3O2S/c1-14-15(2)17(4)19(18(5)16(14)3)25(23,24)20-8-7-9-22-12-10-21(6)11-13-22/h20H,7-13H2,1-6H3/p+2. The molecule has 0 saturated carbocycles. The summed E-state index contributed by atoms with van der Waals surface area (Å²) in [5.41, 5.74) is 5.09. The van der Waals surface area contributed by atoms with Crippen molar-refractivity contribution in [2.75, 3.05) is 46.3 Å². The van der Waals surface area contributed by atoms with Crippen molar-refractivity contribution in [3.63, 3.8) is 0 Å². The lowest BCUT2D eigenvalue weighted by Gasteiger charge is -2.27. The summed E-state index contributed by atoms with van der Waals surface area (Å²) in [5.74, 6) is 0. The highest BCUT2D eigenvalue weighted by Gasteiger charge is 2.24. The largest absolute Gasteiger partial charge is 0.328 e. The van der Waals surface area contributed by atoms with Crippen molar-refractivity contribution < 1.29 is 18.2 Å². The van der Waals surface area contributed by atoms with Crippen LogP contribution in [0.5, 0.6) is 0 Å². The maximum absolute atomic E-state index is 12.9. The van der Waals surface area contributed by atoms with Crippen molar-refractivity contribution in [2.24, 2.45) is 0 Å². The molecule has 0 spiro atoms. The van der Waals surface area contributed by atoms with E-state index in [1.165, 1.54) is 31.7 Å². The van der Waals surface area contributed by atoms with Crippen LogP contribution in [0.2, 0.25) is 0 Å². The zero-order chi connectivity index (χ0) is 18.8. The van der Waals surface area contributed by atoms with Gasteiger partial charge in [0.15, 0.2) is 0 Å². The lowest BCUT2D eigenvalue weighted by Crippen LogP contribution is -3.27. The van der Waals surface area contributed by atoms with Crippen molar-refractivity contribution in [1.82, 2.24) is 4.72 Å². The average Bonchev–Trinajstić information content (AvgIpc) is 2.56. The first-order chi connectivity index (χ1) is 11.6. The summed E-state index contributed by atoms with van der Waals surface area (Å²) in [5, 5.41) is 0. The van der Waals surface area contributed by atoms with Gasteiger partial charge in [0.2, 0.25) is 10.0 Å². The molecule has 0 bridgehead atoms. The highest BCUT2D eigenvalue weighted by atomic mass is 32.2. The summed E-state index contributed by atoms with van der Waals surface area (Å²) in [6.45, 7) is 16.3. The van der Waals surface area contributed by atoms with Gasteiger partial charge in [-0.3, -0.25) is 0 Å². The van der Waals surface area contributed by atoms with E-state index in [0.29, 0.717) is 11.4 Å². The predicted octanol–water partition coefficient (Wildman–Crippen LogP) is -0.690. The van der Waals surface area contributed by atoms with Crippen molar-refractivity contribution in [1.29, 1.82) is 0 Å². The molecule has 1 aliphatic heterocycles. The number of hydrogen-bond acceptors (Lipinski definition) is 2. The fraction of sp³-hybridized carbons (Fsp3) is 0.684. The molecule has 1 aromatic carbocycles. The summed E-state index contributed by atoms with van der Waals surface area (Å²) < 4.78 is 28.6. The highest BCUT2D eigenvalue weighted by molar-refractivity contribution is 7.89. The first kappa shape index (κ1) is 20.4. The van der Waals surface area contributed by atoms with Gasteiger partial charge in [0.1, 0.15) is 26.2 Å². The van der Waals surface area contributed by atoms with Gasteiger partial charge in [-0.25, -0.2) is 13.1 Å². The summed E-state index contributed by atoms with van der Waals surface area (Å²) in [4.78, 5) is 3.67. The van der Waals surface area contributed by atoms with Crippen LogP contribution in [0.1, 0.15) is 34.2 Å². The van der Waals surface area contributed by atoms with E-state index in [1.807, 2.05) is 27.7 Å². The van der Waals surface area contributed by atoms with Crippen molar-refractivity contribution in [3.05, 3.63) is 27.8 Å². The Hall–Kier alpha value is -0.950. The molecule has 3 N–H and O–H groups in total. The fourth-order valence-electron chi connectivity index (χ4n) is 3.77. The molecule has 5 nitrogen and oxygen atoms in total.